The molecule has 3 rings (SSSR count). The average Bonchev–Trinajstić information content (AvgIpc) is 3.22. The van der Waals surface area contributed by atoms with Gasteiger partial charge in [0.15, 0.2) is 0 Å². The van der Waals surface area contributed by atoms with Crippen molar-refractivity contribution in [2.24, 2.45) is 0 Å². The molecule has 140 valence electrons. The molecule has 2 heterocycles. The average molecular weight is 391 g/mol. The Balaban J connectivity index is 1.82. The van der Waals surface area contributed by atoms with E-state index in [0.717, 1.165) is 4.90 Å². The third-order valence-corrected chi connectivity index (χ3v) is 4.05. The fourth-order valence-corrected chi connectivity index (χ4v) is 2.70. The molecule has 0 atom stereocenters. The smallest absolute Gasteiger partial charge is 0.373 e. The minimum absolute atomic E-state index is 0.0148. The number of rotatable bonds is 5. The first-order valence-electron chi connectivity index (χ1n) is 7.78. The SMILES string of the molecule is COC(=O)c1ccc(CN2C(=O)N/C(=C\c3cc(Cl)ccc3OC)C2=O)o1. The van der Waals surface area contributed by atoms with E-state index in [1.54, 1.807) is 18.2 Å². The van der Waals surface area contributed by atoms with Crippen molar-refractivity contribution in [2.75, 3.05) is 14.2 Å². The first-order valence-corrected chi connectivity index (χ1v) is 8.16. The second kappa shape index (κ2) is 7.55. The van der Waals surface area contributed by atoms with Gasteiger partial charge >= 0.3 is 12.0 Å². The number of halogens is 1. The molecule has 9 heteroatoms. The maximum atomic E-state index is 12.6. The second-order valence-corrected chi connectivity index (χ2v) is 5.96. The van der Waals surface area contributed by atoms with Gasteiger partial charge in [-0.2, -0.15) is 0 Å². The molecule has 0 bridgehead atoms. The van der Waals surface area contributed by atoms with E-state index in [0.29, 0.717) is 16.3 Å². The fraction of sp³-hybridized carbons (Fsp3) is 0.167. The van der Waals surface area contributed by atoms with Crippen molar-refractivity contribution in [1.82, 2.24) is 10.2 Å². The minimum Gasteiger partial charge on any atom is -0.496 e. The van der Waals surface area contributed by atoms with Gasteiger partial charge in [-0.05, 0) is 36.4 Å². The van der Waals surface area contributed by atoms with Crippen molar-refractivity contribution >= 4 is 35.6 Å². The summed E-state index contributed by atoms with van der Waals surface area (Å²) >= 11 is 5.98. The fourth-order valence-electron chi connectivity index (χ4n) is 2.52. The Morgan fingerprint density at radius 1 is 1.26 bits per heavy atom. The molecule has 0 saturated carbocycles. The Morgan fingerprint density at radius 3 is 2.74 bits per heavy atom. The number of methoxy groups -OCH3 is 2. The Hall–Kier alpha value is -3.26. The molecule has 1 N–H and O–H groups in total. The van der Waals surface area contributed by atoms with E-state index < -0.39 is 17.9 Å². The molecule has 8 nitrogen and oxygen atoms in total. The third kappa shape index (κ3) is 3.80. The van der Waals surface area contributed by atoms with Crippen molar-refractivity contribution in [1.29, 1.82) is 0 Å². The summed E-state index contributed by atoms with van der Waals surface area (Å²) in [6, 6.07) is 7.22. The Morgan fingerprint density at radius 2 is 2.04 bits per heavy atom. The molecular formula is C18H15ClN2O6. The lowest BCUT2D eigenvalue weighted by atomic mass is 10.1. The number of nitrogens with one attached hydrogen (secondary N) is 1. The lowest BCUT2D eigenvalue weighted by Gasteiger charge is -2.09. The van der Waals surface area contributed by atoms with E-state index in [1.807, 2.05) is 0 Å². The van der Waals surface area contributed by atoms with E-state index in [9.17, 15) is 14.4 Å². The molecule has 2 aromatic rings. The largest absolute Gasteiger partial charge is 0.496 e. The van der Waals surface area contributed by atoms with Crippen LogP contribution >= 0.6 is 11.6 Å². The highest BCUT2D eigenvalue weighted by Crippen LogP contribution is 2.26. The number of amides is 3. The molecule has 1 aliphatic rings. The molecule has 1 aliphatic heterocycles. The summed E-state index contributed by atoms with van der Waals surface area (Å²) in [4.78, 5) is 37.1. The summed E-state index contributed by atoms with van der Waals surface area (Å²) < 4.78 is 15.1. The predicted octanol–water partition coefficient (Wildman–Crippen LogP) is 2.82. The summed E-state index contributed by atoms with van der Waals surface area (Å²) in [5, 5.41) is 2.96. The third-order valence-electron chi connectivity index (χ3n) is 3.82. The zero-order valence-electron chi connectivity index (χ0n) is 14.4. The molecule has 1 saturated heterocycles. The molecule has 1 fully saturated rings. The highest BCUT2D eigenvalue weighted by Gasteiger charge is 2.34. The van der Waals surface area contributed by atoms with Crippen molar-refractivity contribution in [3.05, 3.63) is 58.1 Å². The van der Waals surface area contributed by atoms with Gasteiger partial charge in [-0.1, -0.05) is 11.6 Å². The second-order valence-electron chi connectivity index (χ2n) is 5.52. The molecule has 0 spiro atoms. The number of nitrogens with zero attached hydrogens (tertiary/aromatic N) is 1. The number of hydrogen-bond donors (Lipinski definition) is 1. The van der Waals surface area contributed by atoms with Gasteiger partial charge in [0.05, 0.1) is 20.8 Å². The van der Waals surface area contributed by atoms with Crippen molar-refractivity contribution < 1.29 is 28.3 Å². The van der Waals surface area contributed by atoms with Gasteiger partial charge in [-0.25, -0.2) is 9.59 Å². The van der Waals surface area contributed by atoms with Crippen LogP contribution in [0.5, 0.6) is 5.75 Å². The van der Waals surface area contributed by atoms with Crippen molar-refractivity contribution in [3.63, 3.8) is 0 Å². The summed E-state index contributed by atoms with van der Waals surface area (Å²) in [5.74, 6) is -0.439. The number of carbonyl (C=O) groups excluding carboxylic acids is 3. The summed E-state index contributed by atoms with van der Waals surface area (Å²) in [7, 11) is 2.71. The maximum Gasteiger partial charge on any atom is 0.373 e. The molecule has 0 unspecified atom stereocenters. The van der Waals surface area contributed by atoms with Crippen LogP contribution in [-0.4, -0.2) is 37.0 Å². The number of imide groups is 1. The standard InChI is InChI=1S/C18H15ClN2O6/c1-25-14-5-3-11(19)7-10(14)8-13-16(22)21(18(24)20-13)9-12-4-6-15(27-12)17(23)26-2/h3-8H,9H2,1-2H3,(H,20,24)/b13-8-. The van der Waals surface area contributed by atoms with Crippen molar-refractivity contribution in [2.45, 2.75) is 6.54 Å². The number of esters is 1. The van der Waals surface area contributed by atoms with Crippen LogP contribution in [0.4, 0.5) is 4.79 Å². The van der Waals surface area contributed by atoms with E-state index >= 15 is 0 Å². The van der Waals surface area contributed by atoms with Crippen LogP contribution in [-0.2, 0) is 16.1 Å². The minimum atomic E-state index is -0.646. The van der Waals surface area contributed by atoms with Gasteiger partial charge < -0.3 is 19.2 Å². The Labute approximate surface area is 159 Å². The lowest BCUT2D eigenvalue weighted by Crippen LogP contribution is -2.30. The quantitative estimate of drug-likeness (QED) is 0.479. The molecule has 0 radical (unpaired) electrons. The molecule has 3 amide bonds. The first-order chi connectivity index (χ1) is 12.9. The Bertz CT molecular complexity index is 949. The predicted molar refractivity (Wildman–Crippen MR) is 95.1 cm³/mol. The van der Waals surface area contributed by atoms with Gasteiger partial charge in [-0.15, -0.1) is 0 Å². The van der Waals surface area contributed by atoms with Crippen LogP contribution in [0.2, 0.25) is 5.02 Å². The zero-order valence-corrected chi connectivity index (χ0v) is 15.2. The molecule has 1 aromatic carbocycles. The number of urea groups is 1. The summed E-state index contributed by atoms with van der Waals surface area (Å²) in [5.41, 5.74) is 0.613. The van der Waals surface area contributed by atoms with E-state index in [4.69, 9.17) is 20.8 Å². The molecule has 1 aromatic heterocycles. The number of hydrogen-bond acceptors (Lipinski definition) is 6. The summed E-state index contributed by atoms with van der Waals surface area (Å²) in [6.45, 7) is -0.133. The number of ether oxygens (including phenoxy) is 2. The van der Waals surface area contributed by atoms with Gasteiger partial charge in [0.1, 0.15) is 17.2 Å². The van der Waals surface area contributed by atoms with Crippen LogP contribution in [0.3, 0.4) is 0 Å². The molecular weight excluding hydrogens is 376 g/mol. The van der Waals surface area contributed by atoms with Crippen molar-refractivity contribution in [3.8, 4) is 5.75 Å². The van der Waals surface area contributed by atoms with Crippen LogP contribution in [0.15, 0.2) is 40.4 Å². The van der Waals surface area contributed by atoms with E-state index in [-0.39, 0.29) is 23.8 Å². The van der Waals surface area contributed by atoms with Crippen LogP contribution < -0.4 is 10.1 Å². The molecule has 27 heavy (non-hydrogen) atoms. The highest BCUT2D eigenvalue weighted by molar-refractivity contribution is 6.30. The van der Waals surface area contributed by atoms with Gasteiger partial charge in [0.25, 0.3) is 5.91 Å². The first kappa shape index (κ1) is 18.5. The monoisotopic (exact) mass is 390 g/mol. The Kier molecular flexibility index (Phi) is 5.18. The van der Waals surface area contributed by atoms with Gasteiger partial charge in [0, 0.05) is 10.6 Å². The number of furan rings is 1. The lowest BCUT2D eigenvalue weighted by molar-refractivity contribution is -0.123. The highest BCUT2D eigenvalue weighted by atomic mass is 35.5. The normalized spacial score (nSPS) is 15.2. The van der Waals surface area contributed by atoms with E-state index in [2.05, 4.69) is 10.1 Å². The van der Waals surface area contributed by atoms with Gasteiger partial charge in [-0.3, -0.25) is 9.69 Å². The van der Waals surface area contributed by atoms with Crippen LogP contribution in [0, 0.1) is 0 Å². The number of benzene rings is 1. The zero-order chi connectivity index (χ0) is 19.6. The topological polar surface area (TPSA) is 98.1 Å². The summed E-state index contributed by atoms with van der Waals surface area (Å²) in [6.07, 6.45) is 1.48. The van der Waals surface area contributed by atoms with E-state index in [1.165, 1.54) is 32.4 Å². The maximum absolute atomic E-state index is 12.6. The van der Waals surface area contributed by atoms with Gasteiger partial charge in [0.2, 0.25) is 5.76 Å². The van der Waals surface area contributed by atoms with Crippen LogP contribution in [0.25, 0.3) is 6.08 Å². The molecule has 0 aliphatic carbocycles. The van der Waals surface area contributed by atoms with Crippen LogP contribution in [0.1, 0.15) is 21.9 Å². The number of carbonyl (C=O) groups is 3.